The predicted octanol–water partition coefficient (Wildman–Crippen LogP) is 3.07. The van der Waals surface area contributed by atoms with Crippen molar-refractivity contribution < 1.29 is 19.5 Å². The van der Waals surface area contributed by atoms with Gasteiger partial charge in [0.15, 0.2) is 0 Å². The van der Waals surface area contributed by atoms with Crippen LogP contribution in [0.15, 0.2) is 72.8 Å². The van der Waals surface area contributed by atoms with Gasteiger partial charge in [0.2, 0.25) is 5.91 Å². The van der Waals surface area contributed by atoms with E-state index in [9.17, 15) is 19.5 Å². The number of benzene rings is 3. The Morgan fingerprint density at radius 3 is 2.19 bits per heavy atom. The smallest absolute Gasteiger partial charge is 0.326 e. The van der Waals surface area contributed by atoms with Crippen LogP contribution in [0.5, 0.6) is 0 Å². The van der Waals surface area contributed by atoms with E-state index in [2.05, 4.69) is 23.3 Å². The minimum absolute atomic E-state index is 0.181. The lowest BCUT2D eigenvalue weighted by Gasteiger charge is -2.21. The summed E-state index contributed by atoms with van der Waals surface area (Å²) in [6, 6.07) is 20.3. The highest BCUT2D eigenvalue weighted by Crippen LogP contribution is 2.16. The van der Waals surface area contributed by atoms with Crippen LogP contribution in [0.2, 0.25) is 0 Å². The lowest BCUT2D eigenvalue weighted by Crippen LogP contribution is -2.52. The van der Waals surface area contributed by atoms with Crippen molar-refractivity contribution in [2.24, 2.45) is 0 Å². The van der Waals surface area contributed by atoms with E-state index < -0.39 is 29.9 Å². The van der Waals surface area contributed by atoms with Crippen molar-refractivity contribution in [1.82, 2.24) is 10.6 Å². The fraction of sp³-hybridized carbons (Fsp3) is 0.208. The maximum atomic E-state index is 12.9. The summed E-state index contributed by atoms with van der Waals surface area (Å²) in [6.45, 7) is 0. The average molecular weight is 437 g/mol. The van der Waals surface area contributed by atoms with Crippen LogP contribution >= 0.6 is 12.6 Å². The molecule has 2 atom stereocenters. The number of aliphatic carboxylic acids is 1. The molecule has 0 saturated carbocycles. The number of carbonyl (C=O) groups is 3. The van der Waals surface area contributed by atoms with Gasteiger partial charge in [-0.05, 0) is 40.6 Å². The van der Waals surface area contributed by atoms with E-state index in [-0.39, 0.29) is 12.8 Å². The zero-order valence-electron chi connectivity index (χ0n) is 16.8. The largest absolute Gasteiger partial charge is 0.480 e. The fourth-order valence-corrected chi connectivity index (χ4v) is 3.55. The minimum atomic E-state index is -1.14. The third-order valence-corrected chi connectivity index (χ3v) is 5.21. The molecule has 7 heteroatoms. The van der Waals surface area contributed by atoms with Crippen LogP contribution in [0.4, 0.5) is 0 Å². The number of carboxylic acids is 1. The number of hydrogen-bond donors (Lipinski definition) is 4. The summed E-state index contributed by atoms with van der Waals surface area (Å²) >= 11 is 4.06. The Labute approximate surface area is 186 Å². The molecule has 0 aliphatic carbocycles. The molecule has 3 aromatic rings. The Balaban J connectivity index is 1.81. The molecule has 0 aliphatic rings. The second-order valence-electron chi connectivity index (χ2n) is 7.19. The molecule has 31 heavy (non-hydrogen) atoms. The zero-order valence-corrected chi connectivity index (χ0v) is 17.7. The Hall–Kier alpha value is -3.32. The monoisotopic (exact) mass is 436 g/mol. The molecule has 0 aliphatic heterocycles. The normalized spacial score (nSPS) is 12.7. The molecule has 0 saturated heterocycles. The molecule has 0 fully saturated rings. The number of hydrogen-bond acceptors (Lipinski definition) is 4. The molecule has 0 bridgehead atoms. The van der Waals surface area contributed by atoms with Crippen molar-refractivity contribution in [3.63, 3.8) is 0 Å². The van der Waals surface area contributed by atoms with Crippen molar-refractivity contribution in [2.45, 2.75) is 24.9 Å². The van der Waals surface area contributed by atoms with Gasteiger partial charge in [-0.3, -0.25) is 9.59 Å². The van der Waals surface area contributed by atoms with E-state index >= 15 is 0 Å². The van der Waals surface area contributed by atoms with Crippen LogP contribution in [0.1, 0.15) is 22.3 Å². The van der Waals surface area contributed by atoms with Gasteiger partial charge in [0.1, 0.15) is 12.1 Å². The molecule has 0 aromatic heterocycles. The van der Waals surface area contributed by atoms with E-state index in [0.29, 0.717) is 11.3 Å². The highest BCUT2D eigenvalue weighted by atomic mass is 32.1. The van der Waals surface area contributed by atoms with Gasteiger partial charge in [0, 0.05) is 12.0 Å². The van der Waals surface area contributed by atoms with Gasteiger partial charge in [-0.2, -0.15) is 12.6 Å². The lowest BCUT2D eigenvalue weighted by molar-refractivity contribution is -0.142. The highest BCUT2D eigenvalue weighted by Gasteiger charge is 2.26. The molecule has 3 rings (SSSR count). The Morgan fingerprint density at radius 1 is 0.839 bits per heavy atom. The van der Waals surface area contributed by atoms with Gasteiger partial charge < -0.3 is 15.7 Å². The molecule has 0 unspecified atom stereocenters. The summed E-state index contributed by atoms with van der Waals surface area (Å²) < 4.78 is 0. The van der Waals surface area contributed by atoms with Crippen LogP contribution in [-0.2, 0) is 16.0 Å². The summed E-state index contributed by atoms with van der Waals surface area (Å²) in [5.41, 5.74) is 1.28. The number of fused-ring (bicyclic) bond motifs is 1. The average Bonchev–Trinajstić information content (AvgIpc) is 2.78. The fourth-order valence-electron chi connectivity index (χ4n) is 3.29. The van der Waals surface area contributed by atoms with Crippen molar-refractivity contribution in [1.29, 1.82) is 0 Å². The molecule has 2 amide bonds. The van der Waals surface area contributed by atoms with Crippen molar-refractivity contribution in [3.05, 3.63) is 83.9 Å². The molecule has 160 valence electrons. The minimum Gasteiger partial charge on any atom is -0.480 e. The van der Waals surface area contributed by atoms with Crippen molar-refractivity contribution >= 4 is 41.2 Å². The van der Waals surface area contributed by atoms with E-state index in [1.165, 1.54) is 0 Å². The molecular formula is C24H24N2O4S. The molecule has 0 heterocycles. The number of amides is 2. The summed E-state index contributed by atoms with van der Waals surface area (Å²) in [5.74, 6) is -1.78. The van der Waals surface area contributed by atoms with Crippen LogP contribution < -0.4 is 10.6 Å². The quantitative estimate of drug-likeness (QED) is 0.388. The predicted molar refractivity (Wildman–Crippen MR) is 123 cm³/mol. The lowest BCUT2D eigenvalue weighted by atomic mass is 10.0. The van der Waals surface area contributed by atoms with Crippen LogP contribution in [0, 0.1) is 0 Å². The van der Waals surface area contributed by atoms with Crippen molar-refractivity contribution in [3.8, 4) is 0 Å². The molecule has 0 radical (unpaired) electrons. The second-order valence-corrected chi connectivity index (χ2v) is 7.64. The van der Waals surface area contributed by atoms with Crippen LogP contribution in [0.25, 0.3) is 10.8 Å². The highest BCUT2D eigenvalue weighted by molar-refractivity contribution is 7.80. The van der Waals surface area contributed by atoms with Crippen LogP contribution in [-0.4, -0.2) is 40.7 Å². The molecule has 3 aromatic carbocycles. The SMILES string of the molecule is O=C(N[C@@H](Cc1ccccc1)C(=O)N[C@H](CCS)C(=O)O)c1ccc2ccccc2c1. The first kappa shape index (κ1) is 22.4. The Bertz CT molecular complexity index is 1070. The third-order valence-electron chi connectivity index (χ3n) is 4.95. The Morgan fingerprint density at radius 2 is 1.52 bits per heavy atom. The van der Waals surface area contributed by atoms with E-state index in [4.69, 9.17) is 0 Å². The van der Waals surface area contributed by atoms with Crippen molar-refractivity contribution in [2.75, 3.05) is 5.75 Å². The Kier molecular flexibility index (Phi) is 7.67. The summed E-state index contributed by atoms with van der Waals surface area (Å²) in [4.78, 5) is 37.3. The maximum Gasteiger partial charge on any atom is 0.326 e. The maximum absolute atomic E-state index is 12.9. The van der Waals surface area contributed by atoms with Gasteiger partial charge in [0.05, 0.1) is 0 Å². The third kappa shape index (κ3) is 6.08. The second kappa shape index (κ2) is 10.6. The molecular weight excluding hydrogens is 412 g/mol. The summed E-state index contributed by atoms with van der Waals surface area (Å²) in [7, 11) is 0. The standard InChI is InChI=1S/C24H24N2O4S/c27-22(19-11-10-17-8-4-5-9-18(17)15-19)26-21(14-16-6-2-1-3-7-16)23(28)25-20(12-13-31)24(29)30/h1-11,15,20-21,31H,12-14H2,(H,25,28)(H,26,27)(H,29,30)/t20-,21+/m1/s1. The van der Waals surface area contributed by atoms with Gasteiger partial charge >= 0.3 is 5.97 Å². The number of rotatable bonds is 9. The first-order valence-corrected chi connectivity index (χ1v) is 10.6. The first-order valence-electron chi connectivity index (χ1n) is 9.95. The zero-order chi connectivity index (χ0) is 22.2. The van der Waals surface area contributed by atoms with E-state index in [1.54, 1.807) is 12.1 Å². The van der Waals surface area contributed by atoms with E-state index in [1.807, 2.05) is 60.7 Å². The summed E-state index contributed by atoms with van der Waals surface area (Å²) in [6.07, 6.45) is 0.417. The van der Waals surface area contributed by atoms with Gasteiger partial charge in [-0.15, -0.1) is 0 Å². The number of carboxylic acid groups (broad SMARTS) is 1. The number of carbonyl (C=O) groups excluding carboxylic acids is 2. The molecule has 0 spiro atoms. The van der Waals surface area contributed by atoms with Gasteiger partial charge in [-0.25, -0.2) is 4.79 Å². The van der Waals surface area contributed by atoms with Crippen LogP contribution in [0.3, 0.4) is 0 Å². The topological polar surface area (TPSA) is 95.5 Å². The molecule has 3 N–H and O–H groups in total. The van der Waals surface area contributed by atoms with Gasteiger partial charge in [0.25, 0.3) is 5.91 Å². The first-order chi connectivity index (χ1) is 15.0. The number of nitrogens with one attached hydrogen (secondary N) is 2. The van der Waals surface area contributed by atoms with E-state index in [0.717, 1.165) is 16.3 Å². The number of thiol groups is 1. The summed E-state index contributed by atoms with van der Waals surface area (Å²) in [5, 5.41) is 16.6. The molecule has 6 nitrogen and oxygen atoms in total. The van der Waals surface area contributed by atoms with Gasteiger partial charge in [-0.1, -0.05) is 60.7 Å².